The Bertz CT molecular complexity index is 517. The third-order valence-corrected chi connectivity index (χ3v) is 4.28. The molecule has 17 heavy (non-hydrogen) atoms. The van der Waals surface area contributed by atoms with Crippen molar-refractivity contribution >= 4 is 21.6 Å². The van der Waals surface area contributed by atoms with Crippen LogP contribution in [-0.2, 0) is 6.42 Å². The lowest BCUT2D eigenvalue weighted by molar-refractivity contribution is 0.415. The lowest BCUT2D eigenvalue weighted by atomic mass is 10.2. The van der Waals surface area contributed by atoms with Crippen LogP contribution in [0.3, 0.4) is 0 Å². The maximum Gasteiger partial charge on any atom is 0.121 e. The van der Waals surface area contributed by atoms with Crippen LogP contribution in [0.2, 0.25) is 0 Å². The van der Waals surface area contributed by atoms with Gasteiger partial charge < -0.3 is 10.1 Å². The zero-order valence-electron chi connectivity index (χ0n) is 9.90. The van der Waals surface area contributed by atoms with E-state index in [4.69, 9.17) is 4.74 Å². The molecule has 0 bridgehead atoms. The molecule has 0 aliphatic carbocycles. The summed E-state index contributed by atoms with van der Waals surface area (Å²) in [5.41, 5.74) is 1.06. The molecule has 1 fully saturated rings. The molecule has 3 rings (SSSR count). The largest absolute Gasteiger partial charge is 0.497 e. The van der Waals surface area contributed by atoms with E-state index in [9.17, 15) is 0 Å². The summed E-state index contributed by atoms with van der Waals surface area (Å²) in [5.74, 6) is 0.883. The van der Waals surface area contributed by atoms with E-state index in [0.29, 0.717) is 6.04 Å². The molecular formula is C13H16N2OS. The number of hydrogen-bond acceptors (Lipinski definition) is 4. The number of nitrogens with zero attached hydrogens (tertiary/aromatic N) is 1. The van der Waals surface area contributed by atoms with Gasteiger partial charge in [-0.1, -0.05) is 0 Å². The molecule has 1 aromatic heterocycles. The monoisotopic (exact) mass is 248 g/mol. The molecule has 3 nitrogen and oxygen atoms in total. The van der Waals surface area contributed by atoms with Gasteiger partial charge in [-0.2, -0.15) is 0 Å². The number of aromatic nitrogens is 1. The Labute approximate surface area is 105 Å². The molecule has 0 saturated carbocycles. The lowest BCUT2D eigenvalue weighted by Crippen LogP contribution is -2.23. The standard InChI is InChI=1S/C13H16N2OS/c1-16-10-4-5-12-11(8-10)15-13(17-12)7-9-3-2-6-14-9/h4-5,8-9,14H,2-3,6-7H2,1H3. The predicted octanol–water partition coefficient (Wildman–Crippen LogP) is 2.60. The first-order chi connectivity index (χ1) is 8.35. The number of hydrogen-bond donors (Lipinski definition) is 1. The van der Waals surface area contributed by atoms with Crippen molar-refractivity contribution in [1.29, 1.82) is 0 Å². The van der Waals surface area contributed by atoms with Gasteiger partial charge in [-0.25, -0.2) is 4.98 Å². The summed E-state index contributed by atoms with van der Waals surface area (Å²) in [6, 6.07) is 6.73. The van der Waals surface area contributed by atoms with E-state index in [1.54, 1.807) is 18.4 Å². The van der Waals surface area contributed by atoms with Crippen LogP contribution in [0.5, 0.6) is 5.75 Å². The second-order valence-electron chi connectivity index (χ2n) is 4.44. The smallest absolute Gasteiger partial charge is 0.121 e. The van der Waals surface area contributed by atoms with Crippen LogP contribution in [0, 0.1) is 0 Å². The van der Waals surface area contributed by atoms with Gasteiger partial charge in [0.15, 0.2) is 0 Å². The molecule has 0 spiro atoms. The van der Waals surface area contributed by atoms with E-state index in [2.05, 4.69) is 16.4 Å². The fourth-order valence-electron chi connectivity index (χ4n) is 2.31. The highest BCUT2D eigenvalue weighted by atomic mass is 32.1. The number of benzene rings is 1. The van der Waals surface area contributed by atoms with Crippen molar-refractivity contribution in [3.05, 3.63) is 23.2 Å². The highest BCUT2D eigenvalue weighted by Gasteiger charge is 2.16. The molecule has 90 valence electrons. The van der Waals surface area contributed by atoms with Crippen molar-refractivity contribution in [2.24, 2.45) is 0 Å². The molecule has 1 unspecified atom stereocenters. The van der Waals surface area contributed by atoms with Crippen LogP contribution < -0.4 is 10.1 Å². The van der Waals surface area contributed by atoms with Crippen LogP contribution in [0.15, 0.2) is 18.2 Å². The minimum Gasteiger partial charge on any atom is -0.497 e. The number of fused-ring (bicyclic) bond motifs is 1. The summed E-state index contributed by atoms with van der Waals surface area (Å²) in [4.78, 5) is 4.68. The van der Waals surface area contributed by atoms with E-state index in [1.807, 2.05) is 12.1 Å². The van der Waals surface area contributed by atoms with Gasteiger partial charge in [0.05, 0.1) is 22.3 Å². The third kappa shape index (κ3) is 2.28. The Morgan fingerprint density at radius 2 is 2.47 bits per heavy atom. The third-order valence-electron chi connectivity index (χ3n) is 3.22. The fourth-order valence-corrected chi connectivity index (χ4v) is 3.34. The molecule has 1 aliphatic rings. The average molecular weight is 248 g/mol. The first-order valence-electron chi connectivity index (χ1n) is 6.02. The minimum absolute atomic E-state index is 0.623. The van der Waals surface area contributed by atoms with Gasteiger partial charge in [-0.3, -0.25) is 0 Å². The van der Waals surface area contributed by atoms with Gasteiger partial charge in [-0.05, 0) is 31.5 Å². The van der Waals surface area contributed by atoms with Crippen LogP contribution in [0.4, 0.5) is 0 Å². The van der Waals surface area contributed by atoms with Gasteiger partial charge in [0, 0.05) is 18.5 Å². The molecule has 1 aliphatic heterocycles. The summed E-state index contributed by atoms with van der Waals surface area (Å²) < 4.78 is 6.47. The normalized spacial score (nSPS) is 19.9. The molecule has 0 radical (unpaired) electrons. The quantitative estimate of drug-likeness (QED) is 0.906. The van der Waals surface area contributed by atoms with Crippen molar-refractivity contribution in [1.82, 2.24) is 10.3 Å². The number of nitrogens with one attached hydrogen (secondary N) is 1. The Morgan fingerprint density at radius 3 is 3.24 bits per heavy atom. The molecule has 1 N–H and O–H groups in total. The van der Waals surface area contributed by atoms with Crippen molar-refractivity contribution in [2.45, 2.75) is 25.3 Å². The van der Waals surface area contributed by atoms with E-state index in [0.717, 1.165) is 24.2 Å². The molecule has 1 saturated heterocycles. The van der Waals surface area contributed by atoms with E-state index >= 15 is 0 Å². The SMILES string of the molecule is COc1ccc2sc(CC3CCCN3)nc2c1. The van der Waals surface area contributed by atoms with Crippen LogP contribution in [0.25, 0.3) is 10.2 Å². The topological polar surface area (TPSA) is 34.1 Å². The van der Waals surface area contributed by atoms with Crippen LogP contribution >= 0.6 is 11.3 Å². The lowest BCUT2D eigenvalue weighted by Gasteiger charge is -2.05. The molecular weight excluding hydrogens is 232 g/mol. The molecule has 2 aromatic rings. The number of thiazole rings is 1. The zero-order valence-corrected chi connectivity index (χ0v) is 10.7. The number of methoxy groups -OCH3 is 1. The zero-order chi connectivity index (χ0) is 11.7. The highest BCUT2D eigenvalue weighted by Crippen LogP contribution is 2.27. The predicted molar refractivity (Wildman–Crippen MR) is 70.9 cm³/mol. The second-order valence-corrected chi connectivity index (χ2v) is 5.55. The summed E-state index contributed by atoms with van der Waals surface area (Å²) >= 11 is 1.80. The van der Waals surface area contributed by atoms with Crippen molar-refractivity contribution < 1.29 is 4.74 Å². The maximum absolute atomic E-state index is 5.22. The molecule has 4 heteroatoms. The van der Waals surface area contributed by atoms with Crippen LogP contribution in [-0.4, -0.2) is 24.7 Å². The summed E-state index contributed by atoms with van der Waals surface area (Å²) in [5, 5.41) is 4.74. The maximum atomic E-state index is 5.22. The van der Waals surface area contributed by atoms with Gasteiger partial charge in [0.2, 0.25) is 0 Å². The average Bonchev–Trinajstić information content (AvgIpc) is 2.96. The summed E-state index contributed by atoms with van der Waals surface area (Å²) in [6.07, 6.45) is 3.63. The van der Waals surface area contributed by atoms with Crippen molar-refractivity contribution in [3.8, 4) is 5.75 Å². The van der Waals surface area contributed by atoms with Crippen molar-refractivity contribution in [3.63, 3.8) is 0 Å². The number of rotatable bonds is 3. The summed E-state index contributed by atoms with van der Waals surface area (Å²) in [7, 11) is 1.69. The number of ether oxygens (including phenoxy) is 1. The Morgan fingerprint density at radius 1 is 1.53 bits per heavy atom. The Balaban J connectivity index is 1.85. The second kappa shape index (κ2) is 4.63. The Hall–Kier alpha value is -1.13. The first-order valence-corrected chi connectivity index (χ1v) is 6.83. The molecule has 1 atom stereocenters. The van der Waals surface area contributed by atoms with E-state index in [1.165, 1.54) is 22.5 Å². The fraction of sp³-hybridized carbons (Fsp3) is 0.462. The van der Waals surface area contributed by atoms with Gasteiger partial charge in [-0.15, -0.1) is 11.3 Å². The molecule has 0 amide bonds. The molecule has 1 aromatic carbocycles. The van der Waals surface area contributed by atoms with E-state index in [-0.39, 0.29) is 0 Å². The highest BCUT2D eigenvalue weighted by molar-refractivity contribution is 7.18. The summed E-state index contributed by atoms with van der Waals surface area (Å²) in [6.45, 7) is 1.16. The minimum atomic E-state index is 0.623. The molecule has 2 heterocycles. The van der Waals surface area contributed by atoms with Gasteiger partial charge in [0.25, 0.3) is 0 Å². The van der Waals surface area contributed by atoms with Crippen molar-refractivity contribution in [2.75, 3.05) is 13.7 Å². The van der Waals surface area contributed by atoms with E-state index < -0.39 is 0 Å². The van der Waals surface area contributed by atoms with Gasteiger partial charge in [0.1, 0.15) is 5.75 Å². The van der Waals surface area contributed by atoms with Gasteiger partial charge >= 0.3 is 0 Å². The first kappa shape index (κ1) is 11.0. The Kier molecular flexibility index (Phi) is 2.99. The van der Waals surface area contributed by atoms with Crippen LogP contribution in [0.1, 0.15) is 17.8 Å².